The van der Waals surface area contributed by atoms with E-state index in [4.69, 9.17) is 0 Å². The average molecular weight is 306 g/mol. The lowest BCUT2D eigenvalue weighted by molar-refractivity contribution is 0.102. The highest BCUT2D eigenvalue weighted by molar-refractivity contribution is 6.12. The Bertz CT molecular complexity index is 795. The van der Waals surface area contributed by atoms with Crippen LogP contribution in [0.4, 0.5) is 17.3 Å². The van der Waals surface area contributed by atoms with Crippen LogP contribution in [0.1, 0.15) is 42.1 Å². The van der Waals surface area contributed by atoms with Crippen molar-refractivity contribution < 1.29 is 4.79 Å². The quantitative estimate of drug-likeness (QED) is 0.938. The number of carbonyl (C=O) groups is 1. The van der Waals surface area contributed by atoms with Crippen LogP contribution in [0, 0.1) is 0 Å². The molecule has 0 aromatic carbocycles. The van der Waals surface area contributed by atoms with Crippen LogP contribution < -0.4 is 10.2 Å². The Morgan fingerprint density at radius 1 is 1.26 bits per heavy atom. The fourth-order valence-corrected chi connectivity index (χ4v) is 2.89. The molecular weight excluding hydrogens is 288 g/mol. The second-order valence-corrected chi connectivity index (χ2v) is 5.84. The van der Waals surface area contributed by atoms with Crippen molar-refractivity contribution in [1.82, 2.24) is 9.97 Å². The zero-order valence-electron chi connectivity index (χ0n) is 13.0. The number of allylic oxidation sites excluding steroid dienone is 1. The first-order chi connectivity index (χ1) is 11.3. The number of hydrogen-bond acceptors (Lipinski definition) is 4. The number of nitrogens with zero attached hydrogens (tertiary/aromatic N) is 3. The Morgan fingerprint density at radius 2 is 2.09 bits per heavy atom. The van der Waals surface area contributed by atoms with E-state index in [0.29, 0.717) is 17.4 Å². The van der Waals surface area contributed by atoms with Gasteiger partial charge in [0.2, 0.25) is 0 Å². The van der Waals surface area contributed by atoms with Gasteiger partial charge < -0.3 is 10.2 Å². The van der Waals surface area contributed by atoms with Crippen molar-refractivity contribution in [3.05, 3.63) is 47.8 Å². The number of hydrogen-bond donors (Lipinski definition) is 1. The standard InChI is InChI=1S/C18H18N4O/c1-2-3-5-12-9-11-20-17-15(12)21-18(23)14-6-4-10-19-16(14)22(17)13-7-8-13/h3-6,9-11,13H,2,7-8H2,1H3,(H,21,23). The first-order valence-corrected chi connectivity index (χ1v) is 8.00. The molecule has 23 heavy (non-hydrogen) atoms. The van der Waals surface area contributed by atoms with Gasteiger partial charge in [-0.1, -0.05) is 19.1 Å². The molecule has 0 spiro atoms. The van der Waals surface area contributed by atoms with E-state index in [1.54, 1.807) is 18.5 Å². The molecule has 1 saturated carbocycles. The van der Waals surface area contributed by atoms with Gasteiger partial charge >= 0.3 is 0 Å². The number of pyridine rings is 2. The van der Waals surface area contributed by atoms with Crippen molar-refractivity contribution in [3.63, 3.8) is 0 Å². The highest BCUT2D eigenvalue weighted by Gasteiger charge is 2.38. The number of rotatable bonds is 3. The molecule has 1 N–H and O–H groups in total. The largest absolute Gasteiger partial charge is 0.318 e. The lowest BCUT2D eigenvalue weighted by Crippen LogP contribution is -2.22. The molecule has 2 aromatic rings. The molecular formula is C18H18N4O. The van der Waals surface area contributed by atoms with Crippen molar-refractivity contribution >= 4 is 29.3 Å². The molecule has 2 aliphatic rings. The van der Waals surface area contributed by atoms with Crippen molar-refractivity contribution in [2.45, 2.75) is 32.2 Å². The zero-order chi connectivity index (χ0) is 15.8. The fourth-order valence-electron chi connectivity index (χ4n) is 2.89. The normalized spacial score (nSPS) is 16.7. The Hall–Kier alpha value is -2.69. The minimum atomic E-state index is -0.128. The number of fused-ring (bicyclic) bond motifs is 2. The number of nitrogens with one attached hydrogen (secondary N) is 1. The van der Waals surface area contributed by atoms with Crippen LogP contribution in [0.2, 0.25) is 0 Å². The molecule has 4 rings (SSSR count). The lowest BCUT2D eigenvalue weighted by atomic mass is 10.1. The summed E-state index contributed by atoms with van der Waals surface area (Å²) in [5.41, 5.74) is 2.35. The van der Waals surface area contributed by atoms with Crippen LogP contribution in [0.5, 0.6) is 0 Å². The highest BCUT2D eigenvalue weighted by Crippen LogP contribution is 2.43. The summed E-state index contributed by atoms with van der Waals surface area (Å²) < 4.78 is 0. The second kappa shape index (κ2) is 5.50. The summed E-state index contributed by atoms with van der Waals surface area (Å²) in [7, 11) is 0. The van der Waals surface area contributed by atoms with E-state index in [0.717, 1.165) is 36.3 Å². The van der Waals surface area contributed by atoms with Crippen LogP contribution in [0.25, 0.3) is 6.08 Å². The predicted molar refractivity (Wildman–Crippen MR) is 90.9 cm³/mol. The van der Waals surface area contributed by atoms with E-state index >= 15 is 0 Å². The van der Waals surface area contributed by atoms with Gasteiger partial charge in [-0.05, 0) is 37.5 Å². The maximum absolute atomic E-state index is 12.7. The molecule has 5 nitrogen and oxygen atoms in total. The molecule has 0 atom stereocenters. The van der Waals surface area contributed by atoms with Gasteiger partial charge in [-0.25, -0.2) is 9.97 Å². The van der Waals surface area contributed by atoms with Crippen molar-refractivity contribution in [2.24, 2.45) is 0 Å². The molecule has 1 fully saturated rings. The number of carbonyl (C=O) groups excluding carboxylic acids is 1. The van der Waals surface area contributed by atoms with E-state index < -0.39 is 0 Å². The monoisotopic (exact) mass is 306 g/mol. The lowest BCUT2D eigenvalue weighted by Gasteiger charge is -2.23. The summed E-state index contributed by atoms with van der Waals surface area (Å²) in [5.74, 6) is 1.36. The summed E-state index contributed by atoms with van der Waals surface area (Å²) in [6.45, 7) is 2.09. The van der Waals surface area contributed by atoms with Crippen LogP contribution in [0.15, 0.2) is 36.7 Å². The van der Waals surface area contributed by atoms with Gasteiger partial charge in [0.1, 0.15) is 5.82 Å². The number of anilines is 3. The molecule has 0 radical (unpaired) electrons. The minimum absolute atomic E-state index is 0.128. The first-order valence-electron chi connectivity index (χ1n) is 8.00. The van der Waals surface area contributed by atoms with E-state index in [1.165, 1.54) is 0 Å². The Labute approximate surface area is 135 Å². The zero-order valence-corrected chi connectivity index (χ0v) is 13.0. The third-order valence-electron chi connectivity index (χ3n) is 4.13. The minimum Gasteiger partial charge on any atom is -0.318 e. The fraction of sp³-hybridized carbons (Fsp3) is 0.278. The summed E-state index contributed by atoms with van der Waals surface area (Å²) in [6.07, 6.45) is 10.8. The summed E-state index contributed by atoms with van der Waals surface area (Å²) in [6, 6.07) is 5.92. The van der Waals surface area contributed by atoms with E-state index in [-0.39, 0.29) is 5.91 Å². The summed E-state index contributed by atoms with van der Waals surface area (Å²) in [5, 5.41) is 3.03. The highest BCUT2D eigenvalue weighted by atomic mass is 16.1. The van der Waals surface area contributed by atoms with Gasteiger partial charge in [0.25, 0.3) is 5.91 Å². The third kappa shape index (κ3) is 2.38. The number of amides is 1. The third-order valence-corrected chi connectivity index (χ3v) is 4.13. The molecule has 0 unspecified atom stereocenters. The van der Waals surface area contributed by atoms with Crippen LogP contribution in [-0.2, 0) is 0 Å². The Morgan fingerprint density at radius 3 is 2.87 bits per heavy atom. The van der Waals surface area contributed by atoms with Gasteiger partial charge in [-0.2, -0.15) is 0 Å². The predicted octanol–water partition coefficient (Wildman–Crippen LogP) is 3.77. The summed E-state index contributed by atoms with van der Waals surface area (Å²) >= 11 is 0. The van der Waals surface area contributed by atoms with Gasteiger partial charge in [0.15, 0.2) is 5.82 Å². The van der Waals surface area contributed by atoms with Crippen molar-refractivity contribution in [1.29, 1.82) is 0 Å². The molecule has 3 heterocycles. The van der Waals surface area contributed by atoms with E-state index in [2.05, 4.69) is 33.2 Å². The molecule has 2 aromatic heterocycles. The molecule has 1 aliphatic heterocycles. The van der Waals surface area contributed by atoms with Crippen LogP contribution in [-0.4, -0.2) is 21.9 Å². The molecule has 5 heteroatoms. The van der Waals surface area contributed by atoms with Crippen molar-refractivity contribution in [3.8, 4) is 0 Å². The molecule has 0 bridgehead atoms. The van der Waals surface area contributed by atoms with Gasteiger partial charge in [0.05, 0.1) is 11.3 Å². The number of aromatic nitrogens is 2. The molecule has 116 valence electrons. The van der Waals surface area contributed by atoms with Gasteiger partial charge in [-0.15, -0.1) is 0 Å². The molecule has 0 saturated heterocycles. The van der Waals surface area contributed by atoms with Gasteiger partial charge in [0, 0.05) is 24.0 Å². The Balaban J connectivity index is 1.93. The average Bonchev–Trinajstić information content (AvgIpc) is 3.40. The molecule has 1 amide bonds. The maximum Gasteiger partial charge on any atom is 0.259 e. The first kappa shape index (κ1) is 13.9. The van der Waals surface area contributed by atoms with Crippen LogP contribution >= 0.6 is 0 Å². The van der Waals surface area contributed by atoms with Crippen molar-refractivity contribution in [2.75, 3.05) is 10.2 Å². The Kier molecular flexibility index (Phi) is 3.33. The molecule has 1 aliphatic carbocycles. The van der Waals surface area contributed by atoms with E-state index in [9.17, 15) is 4.79 Å². The van der Waals surface area contributed by atoms with E-state index in [1.807, 2.05) is 18.2 Å². The SMILES string of the molecule is CCC=Cc1ccnc2c1NC(=O)c1cccnc1N2C1CC1. The maximum atomic E-state index is 12.7. The van der Waals surface area contributed by atoms with Gasteiger partial charge in [-0.3, -0.25) is 4.79 Å². The second-order valence-electron chi connectivity index (χ2n) is 5.84. The summed E-state index contributed by atoms with van der Waals surface area (Å²) in [4.78, 5) is 23.8. The smallest absolute Gasteiger partial charge is 0.259 e. The van der Waals surface area contributed by atoms with Crippen LogP contribution in [0.3, 0.4) is 0 Å². The topological polar surface area (TPSA) is 58.1 Å².